The van der Waals surface area contributed by atoms with E-state index in [0.717, 1.165) is 0 Å². The van der Waals surface area contributed by atoms with Gasteiger partial charge >= 0.3 is 5.97 Å². The number of esters is 1. The van der Waals surface area contributed by atoms with E-state index in [2.05, 4.69) is 4.74 Å². The third kappa shape index (κ3) is 3.77. The molecular formula is C9H15ClO2. The second-order valence-corrected chi connectivity index (χ2v) is 3.22. The highest BCUT2D eigenvalue weighted by Crippen LogP contribution is 2.17. The summed E-state index contributed by atoms with van der Waals surface area (Å²) in [7, 11) is 1.40. The Labute approximate surface area is 78.5 Å². The minimum Gasteiger partial charge on any atom is -0.469 e. The van der Waals surface area contributed by atoms with Gasteiger partial charge in [0.2, 0.25) is 0 Å². The smallest absolute Gasteiger partial charge is 0.309 e. The number of hydrogen-bond acceptors (Lipinski definition) is 2. The lowest BCUT2D eigenvalue weighted by Gasteiger charge is -2.15. The molecule has 0 N–H and O–H groups in total. The number of carbonyl (C=O) groups excluding carboxylic acids is 1. The van der Waals surface area contributed by atoms with Crippen molar-refractivity contribution in [3.8, 4) is 0 Å². The van der Waals surface area contributed by atoms with Gasteiger partial charge in [-0.3, -0.25) is 4.79 Å². The fraction of sp³-hybridized carbons (Fsp3) is 0.667. The fourth-order valence-corrected chi connectivity index (χ4v) is 1.09. The lowest BCUT2D eigenvalue weighted by Crippen LogP contribution is -2.20. The standard InChI is InChI=1S/C9H15ClO2/c1-7(2)8(5-4-6-10)9(11)12-3/h4,6-8H,5H2,1-3H3/b6-4-/t8-/m0/s1. The van der Waals surface area contributed by atoms with Crippen molar-refractivity contribution in [1.29, 1.82) is 0 Å². The molecule has 0 aliphatic rings. The fourth-order valence-electron chi connectivity index (χ4n) is 0.990. The van der Waals surface area contributed by atoms with Crippen molar-refractivity contribution >= 4 is 17.6 Å². The van der Waals surface area contributed by atoms with Crippen molar-refractivity contribution in [1.82, 2.24) is 0 Å². The number of rotatable bonds is 4. The molecule has 0 rings (SSSR count). The molecule has 0 bridgehead atoms. The number of allylic oxidation sites excluding steroid dienone is 1. The Hall–Kier alpha value is -0.500. The lowest BCUT2D eigenvalue weighted by atomic mass is 9.93. The summed E-state index contributed by atoms with van der Waals surface area (Å²) in [6.45, 7) is 3.98. The molecule has 2 nitrogen and oxygen atoms in total. The average Bonchev–Trinajstić information content (AvgIpc) is 2.04. The van der Waals surface area contributed by atoms with Crippen LogP contribution in [0, 0.1) is 11.8 Å². The number of ether oxygens (including phenoxy) is 1. The summed E-state index contributed by atoms with van der Waals surface area (Å²) >= 11 is 5.37. The SMILES string of the molecule is COC(=O)[C@@H](C/C=C\Cl)C(C)C. The van der Waals surface area contributed by atoms with Crippen LogP contribution in [0.1, 0.15) is 20.3 Å². The van der Waals surface area contributed by atoms with E-state index in [9.17, 15) is 4.79 Å². The Morgan fingerprint density at radius 2 is 2.17 bits per heavy atom. The Kier molecular flexibility index (Phi) is 5.81. The van der Waals surface area contributed by atoms with Crippen LogP contribution in [0.4, 0.5) is 0 Å². The van der Waals surface area contributed by atoms with Crippen molar-refractivity contribution < 1.29 is 9.53 Å². The van der Waals surface area contributed by atoms with E-state index in [1.165, 1.54) is 12.6 Å². The van der Waals surface area contributed by atoms with Gasteiger partial charge in [0.05, 0.1) is 13.0 Å². The van der Waals surface area contributed by atoms with Crippen LogP contribution in [0.2, 0.25) is 0 Å². The first-order valence-electron chi connectivity index (χ1n) is 3.96. The van der Waals surface area contributed by atoms with Gasteiger partial charge in [-0.1, -0.05) is 31.5 Å². The van der Waals surface area contributed by atoms with Crippen LogP contribution in [0.15, 0.2) is 11.6 Å². The Balaban J connectivity index is 4.13. The number of halogens is 1. The summed E-state index contributed by atoms with van der Waals surface area (Å²) in [5.41, 5.74) is 1.43. The van der Waals surface area contributed by atoms with Gasteiger partial charge in [0.15, 0.2) is 0 Å². The highest BCUT2D eigenvalue weighted by atomic mass is 35.5. The molecule has 0 amide bonds. The molecule has 3 heteroatoms. The van der Waals surface area contributed by atoms with Gasteiger partial charge in [-0.2, -0.15) is 0 Å². The normalized spacial score (nSPS) is 13.8. The maximum atomic E-state index is 11.2. The number of carbonyl (C=O) groups is 1. The van der Waals surface area contributed by atoms with Crippen LogP contribution in [0.3, 0.4) is 0 Å². The van der Waals surface area contributed by atoms with Gasteiger partial charge in [-0.05, 0) is 12.3 Å². The zero-order chi connectivity index (χ0) is 9.56. The highest BCUT2D eigenvalue weighted by Gasteiger charge is 2.20. The largest absolute Gasteiger partial charge is 0.469 e. The van der Waals surface area contributed by atoms with Crippen molar-refractivity contribution in [2.24, 2.45) is 11.8 Å². The summed E-state index contributed by atoms with van der Waals surface area (Å²) in [4.78, 5) is 11.2. The second kappa shape index (κ2) is 6.06. The topological polar surface area (TPSA) is 26.3 Å². The summed E-state index contributed by atoms with van der Waals surface area (Å²) in [5, 5.41) is 0. The van der Waals surface area contributed by atoms with Gasteiger partial charge in [0.1, 0.15) is 0 Å². The maximum absolute atomic E-state index is 11.2. The first-order valence-corrected chi connectivity index (χ1v) is 4.40. The highest BCUT2D eigenvalue weighted by molar-refractivity contribution is 6.25. The molecule has 0 saturated carbocycles. The molecule has 0 fully saturated rings. The van der Waals surface area contributed by atoms with E-state index in [4.69, 9.17) is 11.6 Å². The Morgan fingerprint density at radius 3 is 2.50 bits per heavy atom. The molecule has 0 unspecified atom stereocenters. The number of hydrogen-bond donors (Lipinski definition) is 0. The third-order valence-corrected chi connectivity index (χ3v) is 1.97. The van der Waals surface area contributed by atoms with Gasteiger partial charge < -0.3 is 4.74 Å². The lowest BCUT2D eigenvalue weighted by molar-refractivity contribution is -0.146. The van der Waals surface area contributed by atoms with E-state index < -0.39 is 0 Å². The molecule has 12 heavy (non-hydrogen) atoms. The van der Waals surface area contributed by atoms with Gasteiger partial charge in [0.25, 0.3) is 0 Å². The first-order chi connectivity index (χ1) is 5.63. The molecule has 0 aromatic heterocycles. The number of methoxy groups -OCH3 is 1. The summed E-state index contributed by atoms with van der Waals surface area (Å²) < 4.78 is 4.65. The zero-order valence-electron chi connectivity index (χ0n) is 7.71. The predicted molar refractivity (Wildman–Crippen MR) is 50.0 cm³/mol. The Morgan fingerprint density at radius 1 is 1.58 bits per heavy atom. The van der Waals surface area contributed by atoms with Crippen LogP contribution >= 0.6 is 11.6 Å². The molecule has 0 aliphatic heterocycles. The van der Waals surface area contributed by atoms with Gasteiger partial charge in [-0.15, -0.1) is 0 Å². The molecule has 0 aliphatic carbocycles. The van der Waals surface area contributed by atoms with Crippen LogP contribution in [0.25, 0.3) is 0 Å². The molecular weight excluding hydrogens is 176 g/mol. The molecule has 0 aromatic carbocycles. The summed E-state index contributed by atoms with van der Waals surface area (Å²) in [5.74, 6) is 0.0371. The minimum absolute atomic E-state index is 0.0787. The van der Waals surface area contributed by atoms with Crippen molar-refractivity contribution in [2.75, 3.05) is 7.11 Å². The van der Waals surface area contributed by atoms with Gasteiger partial charge in [0, 0.05) is 5.54 Å². The van der Waals surface area contributed by atoms with Crippen molar-refractivity contribution in [3.63, 3.8) is 0 Å². The molecule has 0 spiro atoms. The van der Waals surface area contributed by atoms with Crippen molar-refractivity contribution in [2.45, 2.75) is 20.3 Å². The molecule has 0 radical (unpaired) electrons. The minimum atomic E-state index is -0.167. The molecule has 0 heterocycles. The Bertz CT molecular complexity index is 164. The quantitative estimate of drug-likeness (QED) is 0.637. The van der Waals surface area contributed by atoms with E-state index in [0.29, 0.717) is 6.42 Å². The summed E-state index contributed by atoms with van der Waals surface area (Å²) in [6.07, 6.45) is 2.41. The molecule has 0 aromatic rings. The molecule has 1 atom stereocenters. The second-order valence-electron chi connectivity index (χ2n) is 2.97. The predicted octanol–water partition coefficient (Wildman–Crippen LogP) is 2.57. The van der Waals surface area contributed by atoms with E-state index in [-0.39, 0.29) is 17.8 Å². The monoisotopic (exact) mass is 190 g/mol. The van der Waals surface area contributed by atoms with Crippen molar-refractivity contribution in [3.05, 3.63) is 11.6 Å². The molecule has 70 valence electrons. The van der Waals surface area contributed by atoms with E-state index in [1.54, 1.807) is 6.08 Å². The zero-order valence-corrected chi connectivity index (χ0v) is 8.47. The maximum Gasteiger partial charge on any atom is 0.309 e. The molecule has 0 saturated heterocycles. The van der Waals surface area contributed by atoms with Gasteiger partial charge in [-0.25, -0.2) is 0 Å². The van der Waals surface area contributed by atoms with E-state index in [1.807, 2.05) is 13.8 Å². The van der Waals surface area contributed by atoms with E-state index >= 15 is 0 Å². The van der Waals surface area contributed by atoms with Crippen LogP contribution in [0.5, 0.6) is 0 Å². The first kappa shape index (κ1) is 11.5. The summed E-state index contributed by atoms with van der Waals surface area (Å²) in [6, 6.07) is 0. The van der Waals surface area contributed by atoms with Crippen LogP contribution in [-0.2, 0) is 9.53 Å². The average molecular weight is 191 g/mol. The van der Waals surface area contributed by atoms with Crippen LogP contribution < -0.4 is 0 Å². The van der Waals surface area contributed by atoms with Crippen LogP contribution in [-0.4, -0.2) is 13.1 Å². The third-order valence-electron chi connectivity index (χ3n) is 1.79.